The highest BCUT2D eigenvalue weighted by Gasteiger charge is 2.31. The van der Waals surface area contributed by atoms with Crippen molar-refractivity contribution in [2.75, 3.05) is 0 Å². The van der Waals surface area contributed by atoms with Crippen molar-refractivity contribution in [3.63, 3.8) is 0 Å². The van der Waals surface area contributed by atoms with E-state index in [2.05, 4.69) is 31.7 Å². The van der Waals surface area contributed by atoms with Gasteiger partial charge in [0.25, 0.3) is 0 Å². The summed E-state index contributed by atoms with van der Waals surface area (Å²) in [5.41, 5.74) is 1.38. The van der Waals surface area contributed by atoms with E-state index in [1.807, 2.05) is 0 Å². The molecule has 0 radical (unpaired) electrons. The Kier molecular flexibility index (Phi) is 4.87. The molecule has 1 N–H and O–H groups in total. The van der Waals surface area contributed by atoms with Crippen molar-refractivity contribution in [3.05, 3.63) is 53.6 Å². The maximum atomic E-state index is 13.9. The average molecular weight is 394 g/mol. The lowest BCUT2D eigenvalue weighted by molar-refractivity contribution is 0.302. The molecule has 2 aromatic heterocycles. The molecule has 2 heterocycles. The Morgan fingerprint density at radius 3 is 2.72 bits per heavy atom. The quantitative estimate of drug-likeness (QED) is 0.725. The van der Waals surface area contributed by atoms with E-state index in [4.69, 9.17) is 0 Å². The highest BCUT2D eigenvalue weighted by Crippen LogP contribution is 2.37. The Morgan fingerprint density at radius 2 is 2.10 bits per heavy atom. The summed E-state index contributed by atoms with van der Waals surface area (Å²) in [4.78, 5) is 23.9. The minimum Gasteiger partial charge on any atom is -0.507 e. The Morgan fingerprint density at radius 1 is 1.28 bits per heavy atom. The van der Waals surface area contributed by atoms with Crippen LogP contribution in [0.2, 0.25) is 0 Å². The van der Waals surface area contributed by atoms with Crippen molar-refractivity contribution in [2.24, 2.45) is 13.0 Å². The SMILES string of the molecule is C=C(c1ncc(-c2ccc(-c3ncn(C)c(=O)n3)cc2O)nn1)[C@@H]1CCC[C@@H]1F. The topological polar surface area (TPSA) is 107 Å². The van der Waals surface area contributed by atoms with Crippen LogP contribution < -0.4 is 5.69 Å². The van der Waals surface area contributed by atoms with Crippen LogP contribution in [0.4, 0.5) is 4.39 Å². The molecule has 0 saturated heterocycles. The van der Waals surface area contributed by atoms with Crippen molar-refractivity contribution < 1.29 is 9.50 Å². The number of nitrogens with zero attached hydrogens (tertiary/aromatic N) is 6. The van der Waals surface area contributed by atoms with E-state index in [0.717, 1.165) is 12.8 Å². The standard InChI is InChI=1S/C20H19FN6O2/c1-11(13-4-3-5-15(13)21)18-22-9-16(25-26-18)14-7-6-12(8-17(14)28)19-23-10-27(2)20(29)24-19/h6-10,13,15,28H,1,3-5H2,2H3/t13-,15-/m0/s1. The fourth-order valence-electron chi connectivity index (χ4n) is 3.43. The molecular weight excluding hydrogens is 375 g/mol. The number of allylic oxidation sites excluding steroid dienone is 1. The molecule has 1 saturated carbocycles. The van der Waals surface area contributed by atoms with Gasteiger partial charge in [-0.3, -0.25) is 4.57 Å². The van der Waals surface area contributed by atoms with Gasteiger partial charge in [0, 0.05) is 24.1 Å². The van der Waals surface area contributed by atoms with Gasteiger partial charge in [0.1, 0.15) is 23.9 Å². The second-order valence-corrected chi connectivity index (χ2v) is 7.05. The molecule has 1 aliphatic rings. The van der Waals surface area contributed by atoms with Gasteiger partial charge in [-0.15, -0.1) is 10.2 Å². The maximum Gasteiger partial charge on any atom is 0.350 e. The molecule has 1 fully saturated rings. The zero-order valence-electron chi connectivity index (χ0n) is 15.8. The van der Waals surface area contributed by atoms with Gasteiger partial charge in [0.2, 0.25) is 0 Å². The number of rotatable bonds is 4. The first kappa shape index (κ1) is 18.9. The molecule has 8 nitrogen and oxygen atoms in total. The van der Waals surface area contributed by atoms with E-state index >= 15 is 0 Å². The zero-order valence-corrected chi connectivity index (χ0v) is 15.8. The van der Waals surface area contributed by atoms with E-state index < -0.39 is 11.9 Å². The first-order valence-electron chi connectivity index (χ1n) is 9.20. The number of benzene rings is 1. The van der Waals surface area contributed by atoms with E-state index in [1.165, 1.54) is 23.2 Å². The zero-order chi connectivity index (χ0) is 20.5. The highest BCUT2D eigenvalue weighted by atomic mass is 19.1. The first-order valence-corrected chi connectivity index (χ1v) is 9.20. The fourth-order valence-corrected chi connectivity index (χ4v) is 3.43. The summed E-state index contributed by atoms with van der Waals surface area (Å²) in [6.45, 7) is 3.94. The smallest absolute Gasteiger partial charge is 0.350 e. The minimum atomic E-state index is -0.917. The van der Waals surface area contributed by atoms with E-state index in [0.29, 0.717) is 34.6 Å². The Hall–Kier alpha value is -3.49. The molecule has 0 bridgehead atoms. The monoisotopic (exact) mass is 394 g/mol. The third-order valence-corrected chi connectivity index (χ3v) is 5.12. The lowest BCUT2D eigenvalue weighted by atomic mass is 9.97. The Bertz CT molecular complexity index is 1130. The molecule has 1 aromatic carbocycles. The third kappa shape index (κ3) is 3.63. The molecule has 9 heteroatoms. The van der Waals surface area contributed by atoms with Crippen molar-refractivity contribution in [1.82, 2.24) is 29.7 Å². The van der Waals surface area contributed by atoms with Gasteiger partial charge in [0.15, 0.2) is 11.6 Å². The Balaban J connectivity index is 1.59. The van der Waals surface area contributed by atoms with Gasteiger partial charge < -0.3 is 5.11 Å². The predicted molar refractivity (Wildman–Crippen MR) is 104 cm³/mol. The van der Waals surface area contributed by atoms with Crippen molar-refractivity contribution in [2.45, 2.75) is 25.4 Å². The Labute approximate surface area is 165 Å². The van der Waals surface area contributed by atoms with Crippen LogP contribution in [0.5, 0.6) is 5.75 Å². The summed E-state index contributed by atoms with van der Waals surface area (Å²) in [6.07, 6.45) is 4.01. The predicted octanol–water partition coefficient (Wildman–Crippen LogP) is 2.55. The number of phenols is 1. The normalized spacial score (nSPS) is 18.7. The van der Waals surface area contributed by atoms with Gasteiger partial charge in [-0.2, -0.15) is 4.98 Å². The van der Waals surface area contributed by atoms with Crippen molar-refractivity contribution in [1.29, 1.82) is 0 Å². The molecule has 0 amide bonds. The summed E-state index contributed by atoms with van der Waals surface area (Å²) < 4.78 is 15.2. The van der Waals surface area contributed by atoms with Crippen LogP contribution in [0, 0.1) is 5.92 Å². The van der Waals surface area contributed by atoms with E-state index in [9.17, 15) is 14.3 Å². The average Bonchev–Trinajstić information content (AvgIpc) is 3.15. The van der Waals surface area contributed by atoms with Crippen LogP contribution >= 0.6 is 0 Å². The second kappa shape index (κ2) is 7.50. The number of phenolic OH excluding ortho intramolecular Hbond substituents is 1. The third-order valence-electron chi connectivity index (χ3n) is 5.12. The fraction of sp³-hybridized carbons (Fsp3) is 0.300. The van der Waals surface area contributed by atoms with Crippen molar-refractivity contribution in [3.8, 4) is 28.4 Å². The number of aromatic nitrogens is 6. The summed E-state index contributed by atoms with van der Waals surface area (Å²) >= 11 is 0. The summed E-state index contributed by atoms with van der Waals surface area (Å²) in [7, 11) is 1.55. The van der Waals surface area contributed by atoms with E-state index in [1.54, 1.807) is 19.2 Å². The first-order chi connectivity index (χ1) is 13.9. The van der Waals surface area contributed by atoms with Crippen LogP contribution in [0.25, 0.3) is 28.2 Å². The lowest BCUT2D eigenvalue weighted by Crippen LogP contribution is -2.20. The van der Waals surface area contributed by atoms with Crippen LogP contribution in [-0.2, 0) is 7.05 Å². The molecule has 4 rings (SSSR count). The molecule has 1 aliphatic carbocycles. The summed E-state index contributed by atoms with van der Waals surface area (Å²) in [5, 5.41) is 18.6. The largest absolute Gasteiger partial charge is 0.507 e. The van der Waals surface area contributed by atoms with Crippen molar-refractivity contribution >= 4 is 5.57 Å². The molecule has 2 atom stereocenters. The number of aromatic hydroxyl groups is 1. The summed E-state index contributed by atoms with van der Waals surface area (Å²) in [5.74, 6) is 0.180. The van der Waals surface area contributed by atoms with Crippen LogP contribution in [0.3, 0.4) is 0 Å². The van der Waals surface area contributed by atoms with Gasteiger partial charge in [-0.05, 0) is 37.0 Å². The lowest BCUT2D eigenvalue weighted by Gasteiger charge is -2.14. The number of aryl methyl sites for hydroxylation is 1. The molecule has 3 aromatic rings. The molecule has 0 aliphatic heterocycles. The highest BCUT2D eigenvalue weighted by molar-refractivity contribution is 5.71. The number of hydrogen-bond acceptors (Lipinski definition) is 7. The van der Waals surface area contributed by atoms with E-state index in [-0.39, 0.29) is 17.5 Å². The molecular formula is C20H19FN6O2. The second-order valence-electron chi connectivity index (χ2n) is 7.05. The molecule has 29 heavy (non-hydrogen) atoms. The van der Waals surface area contributed by atoms with Gasteiger partial charge >= 0.3 is 5.69 Å². The maximum absolute atomic E-state index is 13.9. The molecule has 148 valence electrons. The minimum absolute atomic E-state index is 0.0749. The molecule has 0 spiro atoms. The number of hydrogen-bond donors (Lipinski definition) is 1. The van der Waals surface area contributed by atoms with Gasteiger partial charge in [-0.1, -0.05) is 12.6 Å². The van der Waals surface area contributed by atoms with Gasteiger partial charge in [0.05, 0.1) is 6.20 Å². The number of halogens is 1. The van der Waals surface area contributed by atoms with Crippen LogP contribution in [0.1, 0.15) is 25.1 Å². The van der Waals surface area contributed by atoms with Crippen LogP contribution in [-0.4, -0.2) is 41.0 Å². The number of alkyl halides is 1. The van der Waals surface area contributed by atoms with Crippen LogP contribution in [0.15, 0.2) is 42.1 Å². The molecule has 0 unspecified atom stereocenters. The van der Waals surface area contributed by atoms with Gasteiger partial charge in [-0.25, -0.2) is 19.2 Å². The summed E-state index contributed by atoms with van der Waals surface area (Å²) in [6, 6.07) is 4.75.